The Morgan fingerprint density at radius 2 is 1.81 bits per heavy atom. The number of methoxy groups -OCH3 is 1. The van der Waals surface area contributed by atoms with E-state index in [0.29, 0.717) is 17.0 Å². The Balaban J connectivity index is 2.13. The molecule has 0 aliphatic carbocycles. The third kappa shape index (κ3) is 5.27. The third-order valence-corrected chi connectivity index (χ3v) is 5.62. The van der Waals surface area contributed by atoms with Gasteiger partial charge in [-0.25, -0.2) is 0 Å². The number of ether oxygens (including phenoxy) is 1. The highest BCUT2D eigenvalue weighted by Crippen LogP contribution is 2.31. The molecular weight excluding hydrogens is 412 g/mol. The van der Waals surface area contributed by atoms with Crippen molar-refractivity contribution in [3.63, 3.8) is 0 Å². The first-order valence-electron chi connectivity index (χ1n) is 9.98. The van der Waals surface area contributed by atoms with Crippen molar-refractivity contribution in [1.82, 2.24) is 14.9 Å². The zero-order valence-corrected chi connectivity index (χ0v) is 18.8. The van der Waals surface area contributed by atoms with E-state index in [2.05, 4.69) is 14.9 Å². The molecule has 0 unspecified atom stereocenters. The van der Waals surface area contributed by atoms with Crippen LogP contribution in [-0.4, -0.2) is 34.1 Å². The van der Waals surface area contributed by atoms with Crippen molar-refractivity contribution < 1.29 is 14.3 Å². The summed E-state index contributed by atoms with van der Waals surface area (Å²) in [6.45, 7) is 5.92. The highest BCUT2D eigenvalue weighted by Gasteiger charge is 2.36. The van der Waals surface area contributed by atoms with Crippen LogP contribution < -0.4 is 15.0 Å². The zero-order valence-electron chi connectivity index (χ0n) is 18.0. The fourth-order valence-electron chi connectivity index (χ4n) is 3.05. The van der Waals surface area contributed by atoms with Gasteiger partial charge in [-0.2, -0.15) is 0 Å². The number of benzene rings is 2. The molecule has 31 heavy (non-hydrogen) atoms. The SMILES string of the molecule is CCC(C)(C)NC(=O)[C@H](c1ccccc1)N(C(=O)c1csnn1)c1ccc(OC)cc1. The van der Waals surface area contributed by atoms with Crippen molar-refractivity contribution in [3.05, 3.63) is 71.2 Å². The fraction of sp³-hybridized carbons (Fsp3) is 0.304. The van der Waals surface area contributed by atoms with Gasteiger partial charge in [0.25, 0.3) is 5.91 Å². The second-order valence-corrected chi connectivity index (χ2v) is 8.31. The summed E-state index contributed by atoms with van der Waals surface area (Å²) in [5, 5.41) is 8.61. The lowest BCUT2D eigenvalue weighted by Crippen LogP contribution is -2.50. The van der Waals surface area contributed by atoms with Crippen molar-refractivity contribution in [2.24, 2.45) is 0 Å². The predicted octanol–water partition coefficient (Wildman–Crippen LogP) is 4.24. The number of nitrogens with zero attached hydrogens (tertiary/aromatic N) is 3. The van der Waals surface area contributed by atoms with Crippen LogP contribution in [0.25, 0.3) is 0 Å². The average molecular weight is 439 g/mol. The Morgan fingerprint density at radius 3 is 2.35 bits per heavy atom. The van der Waals surface area contributed by atoms with Crippen molar-refractivity contribution in [2.75, 3.05) is 12.0 Å². The molecule has 3 rings (SSSR count). The van der Waals surface area contributed by atoms with Crippen molar-refractivity contribution in [2.45, 2.75) is 38.8 Å². The summed E-state index contributed by atoms with van der Waals surface area (Å²) >= 11 is 1.09. The number of anilines is 1. The molecule has 0 saturated carbocycles. The molecule has 162 valence electrons. The molecule has 1 atom stereocenters. The number of rotatable bonds is 8. The Labute approximate surface area is 186 Å². The number of carbonyl (C=O) groups excluding carboxylic acids is 2. The summed E-state index contributed by atoms with van der Waals surface area (Å²) < 4.78 is 9.07. The summed E-state index contributed by atoms with van der Waals surface area (Å²) in [6, 6.07) is 15.4. The van der Waals surface area contributed by atoms with Gasteiger partial charge in [0, 0.05) is 16.6 Å². The van der Waals surface area contributed by atoms with Crippen molar-refractivity contribution >= 4 is 29.0 Å². The number of hydrogen-bond acceptors (Lipinski definition) is 6. The largest absolute Gasteiger partial charge is 0.497 e. The molecule has 0 radical (unpaired) electrons. The molecule has 0 aliphatic heterocycles. The van der Waals surface area contributed by atoms with E-state index >= 15 is 0 Å². The Kier molecular flexibility index (Phi) is 7.02. The highest BCUT2D eigenvalue weighted by atomic mass is 32.1. The molecule has 0 aliphatic rings. The van der Waals surface area contributed by atoms with Crippen LogP contribution in [0.3, 0.4) is 0 Å². The second-order valence-electron chi connectivity index (χ2n) is 7.70. The summed E-state index contributed by atoms with van der Waals surface area (Å²) in [7, 11) is 1.58. The molecule has 1 heterocycles. The van der Waals surface area contributed by atoms with Crippen molar-refractivity contribution in [1.29, 1.82) is 0 Å². The lowest BCUT2D eigenvalue weighted by Gasteiger charge is -2.34. The molecule has 7 nitrogen and oxygen atoms in total. The maximum absolute atomic E-state index is 13.6. The standard InChI is InChI=1S/C23H26N4O3S/c1-5-23(2,3)24-21(28)20(16-9-7-6-8-10-16)27(22(29)19-15-31-26-25-19)17-11-13-18(30-4)14-12-17/h6-15,20H,5H2,1-4H3,(H,24,28)/t20-/m0/s1. The van der Waals surface area contributed by atoms with Gasteiger partial charge in [0.05, 0.1) is 7.11 Å². The minimum atomic E-state index is -0.894. The summed E-state index contributed by atoms with van der Waals surface area (Å²) in [5.41, 5.74) is 1.00. The normalized spacial score (nSPS) is 12.1. The molecule has 1 N–H and O–H groups in total. The highest BCUT2D eigenvalue weighted by molar-refractivity contribution is 7.03. The minimum Gasteiger partial charge on any atom is -0.497 e. The first-order valence-corrected chi connectivity index (χ1v) is 10.8. The molecule has 2 aromatic carbocycles. The smallest absolute Gasteiger partial charge is 0.280 e. The molecule has 8 heteroatoms. The average Bonchev–Trinajstić information content (AvgIpc) is 3.32. The van der Waals surface area contributed by atoms with Gasteiger partial charge in [-0.05, 0) is 61.6 Å². The molecule has 2 amide bonds. The number of nitrogens with one attached hydrogen (secondary N) is 1. The summed E-state index contributed by atoms with van der Waals surface area (Å²) in [6.07, 6.45) is 0.743. The van der Waals surface area contributed by atoms with E-state index in [9.17, 15) is 9.59 Å². The van der Waals surface area contributed by atoms with Crippen LogP contribution in [0.2, 0.25) is 0 Å². The lowest BCUT2D eigenvalue weighted by atomic mass is 9.98. The van der Waals surface area contributed by atoms with Crippen LogP contribution in [-0.2, 0) is 4.79 Å². The monoisotopic (exact) mass is 438 g/mol. The topological polar surface area (TPSA) is 84.4 Å². The van der Waals surface area contributed by atoms with E-state index in [1.165, 1.54) is 4.90 Å². The van der Waals surface area contributed by atoms with Crippen LogP contribution in [0.1, 0.15) is 49.3 Å². The van der Waals surface area contributed by atoms with Gasteiger partial charge in [0.15, 0.2) is 5.69 Å². The molecule has 0 fully saturated rings. The molecule has 3 aromatic rings. The van der Waals surface area contributed by atoms with E-state index in [4.69, 9.17) is 4.74 Å². The van der Waals surface area contributed by atoms with Crippen LogP contribution in [0.15, 0.2) is 60.0 Å². The number of carbonyl (C=O) groups is 2. The Morgan fingerprint density at radius 1 is 1.13 bits per heavy atom. The molecular formula is C23H26N4O3S. The van der Waals surface area contributed by atoms with Gasteiger partial charge in [-0.1, -0.05) is 41.7 Å². The van der Waals surface area contributed by atoms with Crippen LogP contribution in [0, 0.1) is 0 Å². The van der Waals surface area contributed by atoms with E-state index in [-0.39, 0.29) is 11.6 Å². The van der Waals surface area contributed by atoms with Gasteiger partial charge in [0.2, 0.25) is 5.91 Å². The van der Waals surface area contributed by atoms with Crippen molar-refractivity contribution in [3.8, 4) is 5.75 Å². The molecule has 0 saturated heterocycles. The first-order chi connectivity index (χ1) is 14.9. The van der Waals surface area contributed by atoms with E-state index in [1.54, 1.807) is 36.8 Å². The van der Waals surface area contributed by atoms with Crippen LogP contribution in [0.4, 0.5) is 5.69 Å². The van der Waals surface area contributed by atoms with E-state index in [1.807, 2.05) is 51.1 Å². The minimum absolute atomic E-state index is 0.185. The summed E-state index contributed by atoms with van der Waals surface area (Å²) in [5.74, 6) is -0.0260. The Hall–Kier alpha value is -3.26. The van der Waals surface area contributed by atoms with Gasteiger partial charge in [-0.3, -0.25) is 14.5 Å². The molecule has 1 aromatic heterocycles. The van der Waals surface area contributed by atoms with Gasteiger partial charge < -0.3 is 10.1 Å². The third-order valence-electron chi connectivity index (χ3n) is 5.12. The number of hydrogen-bond donors (Lipinski definition) is 1. The lowest BCUT2D eigenvalue weighted by molar-refractivity contribution is -0.124. The number of aromatic nitrogens is 2. The molecule has 0 spiro atoms. The van der Waals surface area contributed by atoms with Crippen LogP contribution in [0.5, 0.6) is 5.75 Å². The first kappa shape index (κ1) is 22.4. The number of amides is 2. The quantitative estimate of drug-likeness (QED) is 0.569. The zero-order chi connectivity index (χ0) is 22.4. The van der Waals surface area contributed by atoms with E-state index < -0.39 is 17.5 Å². The maximum atomic E-state index is 13.6. The van der Waals surface area contributed by atoms with E-state index in [0.717, 1.165) is 18.0 Å². The fourth-order valence-corrected chi connectivity index (χ4v) is 3.48. The molecule has 0 bridgehead atoms. The summed E-state index contributed by atoms with van der Waals surface area (Å²) in [4.78, 5) is 28.6. The van der Waals surface area contributed by atoms with Gasteiger partial charge in [0.1, 0.15) is 11.8 Å². The van der Waals surface area contributed by atoms with Gasteiger partial charge in [-0.15, -0.1) is 5.10 Å². The maximum Gasteiger partial charge on any atom is 0.280 e. The predicted molar refractivity (Wildman–Crippen MR) is 121 cm³/mol. The Bertz CT molecular complexity index is 1010. The van der Waals surface area contributed by atoms with Gasteiger partial charge >= 0.3 is 0 Å². The van der Waals surface area contributed by atoms with Crippen LogP contribution >= 0.6 is 11.5 Å². The second kappa shape index (κ2) is 9.70.